The third-order valence-corrected chi connectivity index (χ3v) is 4.29. The van der Waals surface area contributed by atoms with Crippen LogP contribution in [0.1, 0.15) is 18.9 Å². The number of benzene rings is 2. The van der Waals surface area contributed by atoms with Gasteiger partial charge in [0.25, 0.3) is 0 Å². The minimum absolute atomic E-state index is 0.157. The first-order valence-electron chi connectivity index (χ1n) is 8.88. The molecule has 0 radical (unpaired) electrons. The van der Waals surface area contributed by atoms with Crippen LogP contribution in [0, 0.1) is 0 Å². The van der Waals surface area contributed by atoms with Crippen molar-refractivity contribution in [2.75, 3.05) is 32.8 Å². The maximum Gasteiger partial charge on any atom is 0.223 e. The summed E-state index contributed by atoms with van der Waals surface area (Å²) in [7, 11) is 4.67. The zero-order chi connectivity index (χ0) is 20.5. The number of anilines is 1. The van der Waals surface area contributed by atoms with Crippen LogP contribution >= 0.6 is 0 Å². The quantitative estimate of drug-likeness (QED) is 0.717. The predicted octanol–water partition coefficient (Wildman–Crippen LogP) is 2.77. The lowest BCUT2D eigenvalue weighted by atomic mass is 10.2. The SMILES string of the molecule is COc1ccc(N(CCC(=O)NCc2ccccc2OC)C(C)=O)c(OC)c1. The topological polar surface area (TPSA) is 77.1 Å². The number of hydrogen-bond donors (Lipinski definition) is 1. The van der Waals surface area contributed by atoms with Gasteiger partial charge in [-0.25, -0.2) is 0 Å². The Kier molecular flexibility index (Phi) is 7.68. The molecule has 0 unspecified atom stereocenters. The van der Waals surface area contributed by atoms with Crippen molar-refractivity contribution < 1.29 is 23.8 Å². The van der Waals surface area contributed by atoms with E-state index in [1.807, 2.05) is 24.3 Å². The molecular formula is C21H26N2O5. The highest BCUT2D eigenvalue weighted by atomic mass is 16.5. The van der Waals surface area contributed by atoms with E-state index in [0.717, 1.165) is 11.3 Å². The second kappa shape index (κ2) is 10.2. The van der Waals surface area contributed by atoms with Gasteiger partial charge in [-0.2, -0.15) is 0 Å². The van der Waals surface area contributed by atoms with Gasteiger partial charge >= 0.3 is 0 Å². The van der Waals surface area contributed by atoms with Gasteiger partial charge in [0.2, 0.25) is 11.8 Å². The summed E-state index contributed by atoms with van der Waals surface area (Å²) in [6, 6.07) is 12.7. The van der Waals surface area contributed by atoms with Crippen LogP contribution in [-0.4, -0.2) is 39.7 Å². The molecule has 0 saturated heterocycles. The summed E-state index contributed by atoms with van der Waals surface area (Å²) in [5, 5.41) is 2.86. The largest absolute Gasteiger partial charge is 0.497 e. The monoisotopic (exact) mass is 386 g/mol. The zero-order valence-corrected chi connectivity index (χ0v) is 16.7. The fraction of sp³-hybridized carbons (Fsp3) is 0.333. The summed E-state index contributed by atoms with van der Waals surface area (Å²) < 4.78 is 15.8. The number of hydrogen-bond acceptors (Lipinski definition) is 5. The highest BCUT2D eigenvalue weighted by Crippen LogP contribution is 2.32. The van der Waals surface area contributed by atoms with Crippen LogP contribution in [0.5, 0.6) is 17.2 Å². The molecule has 1 N–H and O–H groups in total. The molecule has 0 spiro atoms. The lowest BCUT2D eigenvalue weighted by Gasteiger charge is -2.23. The van der Waals surface area contributed by atoms with E-state index in [9.17, 15) is 9.59 Å². The molecule has 2 aromatic rings. The van der Waals surface area contributed by atoms with E-state index < -0.39 is 0 Å². The number of rotatable bonds is 9. The van der Waals surface area contributed by atoms with Gasteiger partial charge in [0.1, 0.15) is 17.2 Å². The van der Waals surface area contributed by atoms with Gasteiger partial charge in [-0.15, -0.1) is 0 Å². The van der Waals surface area contributed by atoms with E-state index in [-0.39, 0.29) is 24.8 Å². The highest BCUT2D eigenvalue weighted by Gasteiger charge is 2.18. The summed E-state index contributed by atoms with van der Waals surface area (Å²) in [5.74, 6) is 1.50. The number of amides is 2. The van der Waals surface area contributed by atoms with Crippen LogP contribution < -0.4 is 24.4 Å². The Morgan fingerprint density at radius 2 is 1.68 bits per heavy atom. The highest BCUT2D eigenvalue weighted by molar-refractivity contribution is 5.94. The molecule has 7 nitrogen and oxygen atoms in total. The molecular weight excluding hydrogens is 360 g/mol. The van der Waals surface area contributed by atoms with Gasteiger partial charge in [0.15, 0.2) is 0 Å². The molecule has 0 bridgehead atoms. The third-order valence-electron chi connectivity index (χ3n) is 4.29. The van der Waals surface area contributed by atoms with Crippen molar-refractivity contribution in [3.05, 3.63) is 48.0 Å². The summed E-state index contributed by atoms with van der Waals surface area (Å²) in [6.45, 7) is 2.04. The Morgan fingerprint density at radius 1 is 0.964 bits per heavy atom. The third kappa shape index (κ3) is 5.39. The Balaban J connectivity index is 2.01. The smallest absolute Gasteiger partial charge is 0.223 e. The molecule has 0 aliphatic rings. The molecule has 0 atom stereocenters. The molecule has 7 heteroatoms. The zero-order valence-electron chi connectivity index (χ0n) is 16.7. The molecule has 0 fully saturated rings. The van der Waals surface area contributed by atoms with Crippen molar-refractivity contribution in [1.82, 2.24) is 5.32 Å². The van der Waals surface area contributed by atoms with Crippen LogP contribution in [0.15, 0.2) is 42.5 Å². The van der Waals surface area contributed by atoms with Crippen molar-refractivity contribution in [2.45, 2.75) is 19.9 Å². The molecule has 0 aromatic heterocycles. The van der Waals surface area contributed by atoms with Crippen molar-refractivity contribution in [1.29, 1.82) is 0 Å². The minimum atomic E-state index is -0.180. The van der Waals surface area contributed by atoms with Crippen LogP contribution in [0.3, 0.4) is 0 Å². The van der Waals surface area contributed by atoms with E-state index in [0.29, 0.717) is 23.7 Å². The van der Waals surface area contributed by atoms with Gasteiger partial charge in [-0.1, -0.05) is 18.2 Å². The molecule has 2 amide bonds. The second-order valence-electron chi connectivity index (χ2n) is 6.05. The lowest BCUT2D eigenvalue weighted by Crippen LogP contribution is -2.34. The maximum atomic E-state index is 12.3. The summed E-state index contributed by atoms with van der Waals surface area (Å²) in [4.78, 5) is 25.9. The van der Waals surface area contributed by atoms with E-state index in [2.05, 4.69) is 5.32 Å². The van der Waals surface area contributed by atoms with Crippen LogP contribution in [0.25, 0.3) is 0 Å². The summed E-state index contributed by atoms with van der Waals surface area (Å²) >= 11 is 0. The van der Waals surface area contributed by atoms with Crippen molar-refractivity contribution in [3.63, 3.8) is 0 Å². The molecule has 0 aliphatic heterocycles. The Hall–Kier alpha value is -3.22. The maximum absolute atomic E-state index is 12.3. The predicted molar refractivity (Wildman–Crippen MR) is 107 cm³/mol. The number of nitrogens with zero attached hydrogens (tertiary/aromatic N) is 1. The Labute approximate surface area is 165 Å². The molecule has 2 aromatic carbocycles. The van der Waals surface area contributed by atoms with E-state index in [1.54, 1.807) is 32.4 Å². The van der Waals surface area contributed by atoms with Crippen LogP contribution in [-0.2, 0) is 16.1 Å². The number of ether oxygens (including phenoxy) is 3. The van der Waals surface area contributed by atoms with Crippen molar-refractivity contribution in [3.8, 4) is 17.2 Å². The van der Waals surface area contributed by atoms with Crippen molar-refractivity contribution in [2.24, 2.45) is 0 Å². The Bertz CT molecular complexity index is 822. The first-order valence-corrected chi connectivity index (χ1v) is 8.88. The van der Waals surface area contributed by atoms with E-state index in [1.165, 1.54) is 18.9 Å². The minimum Gasteiger partial charge on any atom is -0.497 e. The molecule has 2 rings (SSSR count). The first kappa shape index (κ1) is 21.1. The van der Waals surface area contributed by atoms with Gasteiger partial charge in [0.05, 0.1) is 27.0 Å². The molecule has 28 heavy (non-hydrogen) atoms. The lowest BCUT2D eigenvalue weighted by molar-refractivity contribution is -0.121. The second-order valence-corrected chi connectivity index (χ2v) is 6.05. The average Bonchev–Trinajstić information content (AvgIpc) is 2.72. The van der Waals surface area contributed by atoms with E-state index in [4.69, 9.17) is 14.2 Å². The van der Waals surface area contributed by atoms with Crippen molar-refractivity contribution >= 4 is 17.5 Å². The average molecular weight is 386 g/mol. The molecule has 0 saturated carbocycles. The number of carbonyl (C=O) groups excluding carboxylic acids is 2. The van der Waals surface area contributed by atoms with Gasteiger partial charge in [-0.3, -0.25) is 9.59 Å². The summed E-state index contributed by atoms with van der Waals surface area (Å²) in [5.41, 5.74) is 1.48. The van der Waals surface area contributed by atoms with Gasteiger partial charge in [0, 0.05) is 38.1 Å². The number of carbonyl (C=O) groups is 2. The molecule has 150 valence electrons. The fourth-order valence-corrected chi connectivity index (χ4v) is 2.80. The fourth-order valence-electron chi connectivity index (χ4n) is 2.80. The van der Waals surface area contributed by atoms with Crippen LogP contribution in [0.2, 0.25) is 0 Å². The summed E-state index contributed by atoms with van der Waals surface area (Å²) in [6.07, 6.45) is 0.157. The molecule has 0 heterocycles. The normalized spacial score (nSPS) is 10.1. The van der Waals surface area contributed by atoms with Crippen LogP contribution in [0.4, 0.5) is 5.69 Å². The number of methoxy groups -OCH3 is 3. The number of para-hydroxylation sites is 1. The van der Waals surface area contributed by atoms with E-state index >= 15 is 0 Å². The van der Waals surface area contributed by atoms with Gasteiger partial charge in [-0.05, 0) is 18.2 Å². The van der Waals surface area contributed by atoms with Gasteiger partial charge < -0.3 is 24.4 Å². The first-order chi connectivity index (χ1) is 13.5. The standard InChI is InChI=1S/C21H26N2O5/c1-15(24)23(18-10-9-17(26-2)13-20(18)28-4)12-11-21(25)22-14-16-7-5-6-8-19(16)27-3/h5-10,13H,11-12,14H2,1-4H3,(H,22,25). The molecule has 0 aliphatic carbocycles. The Morgan fingerprint density at radius 3 is 2.32 bits per heavy atom. The number of nitrogens with one attached hydrogen (secondary N) is 1.